The fourth-order valence-corrected chi connectivity index (χ4v) is 2.89. The summed E-state index contributed by atoms with van der Waals surface area (Å²) in [7, 11) is 0. The van der Waals surface area contributed by atoms with Gasteiger partial charge in [0.05, 0.1) is 10.8 Å². The van der Waals surface area contributed by atoms with Crippen LogP contribution in [0, 0.1) is 0 Å². The number of carbonyl (C=O) groups excluding carboxylic acids is 3. The first-order chi connectivity index (χ1) is 10.5. The summed E-state index contributed by atoms with van der Waals surface area (Å²) < 4.78 is 4.83. The van der Waals surface area contributed by atoms with Crippen molar-refractivity contribution in [3.8, 4) is 0 Å². The van der Waals surface area contributed by atoms with Crippen molar-refractivity contribution in [3.05, 3.63) is 57.8 Å². The van der Waals surface area contributed by atoms with Crippen LogP contribution >= 0.6 is 24.0 Å². The van der Waals surface area contributed by atoms with E-state index in [1.54, 1.807) is 43.3 Å². The molecule has 0 aliphatic rings. The van der Waals surface area contributed by atoms with E-state index >= 15 is 0 Å². The summed E-state index contributed by atoms with van der Waals surface area (Å²) in [5.74, 6) is -1.12. The number of esters is 1. The number of thiophene rings is 1. The molecule has 0 unspecified atom stereocenters. The molecule has 0 aliphatic heterocycles. The van der Waals surface area contributed by atoms with Gasteiger partial charge in [0.2, 0.25) is 10.9 Å². The van der Waals surface area contributed by atoms with Crippen LogP contribution in [0.25, 0.3) is 0 Å². The molecule has 0 N–H and O–H groups in total. The van der Waals surface area contributed by atoms with Gasteiger partial charge in [0.15, 0.2) is 6.61 Å². The summed E-state index contributed by atoms with van der Waals surface area (Å²) >= 11 is 4.79. The molecule has 6 heteroatoms. The van der Waals surface area contributed by atoms with Gasteiger partial charge in [0.1, 0.15) is 0 Å². The third-order valence-corrected chi connectivity index (χ3v) is 4.40. The van der Waals surface area contributed by atoms with Crippen LogP contribution in [-0.4, -0.2) is 23.5 Å². The van der Waals surface area contributed by atoms with Crippen molar-refractivity contribution in [2.75, 3.05) is 6.61 Å². The Kier molecular flexibility index (Phi) is 5.51. The van der Waals surface area contributed by atoms with E-state index in [9.17, 15) is 14.4 Å². The van der Waals surface area contributed by atoms with Crippen molar-refractivity contribution in [2.24, 2.45) is 0 Å². The highest BCUT2D eigenvalue weighted by Crippen LogP contribution is 2.27. The minimum atomic E-state index is -0.532. The standard InChI is InChI=1S/C16H14O4S2/c1-10(16(19)20-9-14(17)21)12-7-8-13(22-12)15(18)11-5-3-2-4-6-11/h2-8,10H,9H2,1H3,(H,17,21)/t10-/m0/s1. The Labute approximate surface area is 137 Å². The van der Waals surface area contributed by atoms with Crippen LogP contribution in [0.1, 0.15) is 33.0 Å². The number of benzene rings is 1. The minimum absolute atomic E-state index is 0.0806. The molecular formula is C16H14O4S2. The second-order valence-electron chi connectivity index (χ2n) is 4.62. The van der Waals surface area contributed by atoms with E-state index in [0.717, 1.165) is 4.88 Å². The molecule has 22 heavy (non-hydrogen) atoms. The predicted molar refractivity (Wildman–Crippen MR) is 87.6 cm³/mol. The fourth-order valence-electron chi connectivity index (χ4n) is 1.81. The van der Waals surface area contributed by atoms with Gasteiger partial charge in [-0.25, -0.2) is 0 Å². The third kappa shape index (κ3) is 4.05. The molecule has 4 nitrogen and oxygen atoms in total. The van der Waals surface area contributed by atoms with Crippen molar-refractivity contribution in [1.29, 1.82) is 0 Å². The number of ether oxygens (including phenoxy) is 1. The van der Waals surface area contributed by atoms with Crippen molar-refractivity contribution < 1.29 is 19.1 Å². The number of thiol groups is 1. The number of hydrogen-bond acceptors (Lipinski definition) is 5. The Morgan fingerprint density at radius 2 is 1.82 bits per heavy atom. The van der Waals surface area contributed by atoms with Crippen LogP contribution in [0.2, 0.25) is 0 Å². The predicted octanol–water partition coefficient (Wildman–Crippen LogP) is 3.08. The molecular weight excluding hydrogens is 320 g/mol. The molecule has 0 aliphatic carbocycles. The van der Waals surface area contributed by atoms with Crippen LogP contribution in [0.15, 0.2) is 42.5 Å². The fraction of sp³-hybridized carbons (Fsp3) is 0.188. The van der Waals surface area contributed by atoms with Gasteiger partial charge in [0.25, 0.3) is 0 Å². The lowest BCUT2D eigenvalue weighted by Gasteiger charge is -2.08. The summed E-state index contributed by atoms with van der Waals surface area (Å²) in [6, 6.07) is 12.4. The van der Waals surface area contributed by atoms with E-state index in [-0.39, 0.29) is 12.4 Å². The van der Waals surface area contributed by atoms with Crippen LogP contribution < -0.4 is 0 Å². The quantitative estimate of drug-likeness (QED) is 0.501. The maximum atomic E-state index is 12.3. The van der Waals surface area contributed by atoms with Gasteiger partial charge in [-0.2, -0.15) is 0 Å². The highest BCUT2D eigenvalue weighted by atomic mass is 32.1. The molecule has 2 aromatic rings. The van der Waals surface area contributed by atoms with E-state index in [2.05, 4.69) is 12.6 Å². The highest BCUT2D eigenvalue weighted by Gasteiger charge is 2.21. The number of ketones is 1. The molecule has 0 radical (unpaired) electrons. The van der Waals surface area contributed by atoms with E-state index < -0.39 is 17.0 Å². The Bertz CT molecular complexity index is 691. The zero-order valence-corrected chi connectivity index (χ0v) is 13.5. The molecule has 1 aromatic heterocycles. The van der Waals surface area contributed by atoms with E-state index in [0.29, 0.717) is 10.4 Å². The van der Waals surface area contributed by atoms with Crippen molar-refractivity contribution in [3.63, 3.8) is 0 Å². The van der Waals surface area contributed by atoms with Gasteiger partial charge in [-0.05, 0) is 19.1 Å². The lowest BCUT2D eigenvalue weighted by Crippen LogP contribution is -2.15. The monoisotopic (exact) mass is 334 g/mol. The molecule has 114 valence electrons. The second kappa shape index (κ2) is 7.38. The first-order valence-electron chi connectivity index (χ1n) is 6.57. The van der Waals surface area contributed by atoms with Gasteiger partial charge in [-0.3, -0.25) is 14.4 Å². The molecule has 1 heterocycles. The SMILES string of the molecule is C[C@H](C(=O)OCC(=O)S)c1ccc(C(=O)c2ccccc2)s1. The van der Waals surface area contributed by atoms with Crippen molar-refractivity contribution >= 4 is 40.8 Å². The van der Waals surface area contributed by atoms with Crippen molar-refractivity contribution in [2.45, 2.75) is 12.8 Å². The first kappa shape index (κ1) is 16.5. The molecule has 2 rings (SSSR count). The van der Waals surface area contributed by atoms with Gasteiger partial charge < -0.3 is 4.74 Å². The smallest absolute Gasteiger partial charge is 0.314 e. The summed E-state index contributed by atoms with van der Waals surface area (Å²) in [4.78, 5) is 36.1. The Morgan fingerprint density at radius 3 is 2.45 bits per heavy atom. The number of carbonyl (C=O) groups is 3. The second-order valence-corrected chi connectivity index (χ2v) is 6.23. The molecule has 0 saturated heterocycles. The van der Waals surface area contributed by atoms with E-state index in [1.807, 2.05) is 6.07 Å². The molecule has 1 atom stereocenters. The average molecular weight is 334 g/mol. The highest BCUT2D eigenvalue weighted by molar-refractivity contribution is 7.96. The number of hydrogen-bond donors (Lipinski definition) is 1. The summed E-state index contributed by atoms with van der Waals surface area (Å²) in [6.07, 6.45) is 0. The van der Waals surface area contributed by atoms with Crippen LogP contribution in [0.4, 0.5) is 0 Å². The normalized spacial score (nSPS) is 11.7. The lowest BCUT2D eigenvalue weighted by molar-refractivity contribution is -0.147. The molecule has 0 fully saturated rings. The zero-order valence-electron chi connectivity index (χ0n) is 11.8. The molecule has 0 saturated carbocycles. The van der Waals surface area contributed by atoms with Crippen LogP contribution in [0.3, 0.4) is 0 Å². The molecule has 0 bridgehead atoms. The Hall–Kier alpha value is -1.92. The minimum Gasteiger partial charge on any atom is -0.456 e. The van der Waals surface area contributed by atoms with Gasteiger partial charge in [-0.15, -0.1) is 24.0 Å². The Balaban J connectivity index is 2.09. The van der Waals surface area contributed by atoms with E-state index in [1.165, 1.54) is 11.3 Å². The van der Waals surface area contributed by atoms with Crippen LogP contribution in [0.5, 0.6) is 0 Å². The number of rotatable bonds is 6. The maximum Gasteiger partial charge on any atom is 0.314 e. The summed E-state index contributed by atoms with van der Waals surface area (Å²) in [6.45, 7) is 1.32. The maximum absolute atomic E-state index is 12.3. The largest absolute Gasteiger partial charge is 0.456 e. The molecule has 1 aromatic carbocycles. The van der Waals surface area contributed by atoms with Crippen molar-refractivity contribution in [1.82, 2.24) is 0 Å². The summed E-state index contributed by atoms with van der Waals surface area (Å²) in [5, 5.41) is -0.508. The molecule has 0 amide bonds. The zero-order chi connectivity index (χ0) is 16.1. The van der Waals surface area contributed by atoms with E-state index in [4.69, 9.17) is 4.74 Å². The Morgan fingerprint density at radius 1 is 1.14 bits per heavy atom. The van der Waals surface area contributed by atoms with Gasteiger partial charge in [-0.1, -0.05) is 30.3 Å². The first-order valence-corrected chi connectivity index (χ1v) is 7.83. The molecule has 0 spiro atoms. The topological polar surface area (TPSA) is 60.4 Å². The third-order valence-electron chi connectivity index (χ3n) is 3.00. The lowest BCUT2D eigenvalue weighted by atomic mass is 10.1. The van der Waals surface area contributed by atoms with Gasteiger partial charge in [0, 0.05) is 10.4 Å². The van der Waals surface area contributed by atoms with Crippen LogP contribution in [-0.2, 0) is 14.3 Å². The van der Waals surface area contributed by atoms with Gasteiger partial charge >= 0.3 is 5.97 Å². The summed E-state index contributed by atoms with van der Waals surface area (Å²) in [5.41, 5.74) is 0.604. The average Bonchev–Trinajstić information content (AvgIpc) is 3.01.